The van der Waals surface area contributed by atoms with Gasteiger partial charge in [-0.2, -0.15) is 0 Å². The number of carboxylic acid groups (broad SMARTS) is 1. The number of piperazine rings is 1. The fourth-order valence-corrected chi connectivity index (χ4v) is 2.16. The van der Waals surface area contributed by atoms with Crippen LogP contribution in [0.25, 0.3) is 0 Å². The minimum Gasteiger partial charge on any atom is -0.480 e. The molecule has 0 unspecified atom stereocenters. The highest BCUT2D eigenvalue weighted by Gasteiger charge is 2.24. The van der Waals surface area contributed by atoms with Gasteiger partial charge in [0, 0.05) is 32.2 Å². The number of aliphatic carboxylic acids is 1. The first-order valence-electron chi connectivity index (χ1n) is 5.67. The molecule has 1 aliphatic rings. The average molecular weight is 214 g/mol. The molecule has 1 N–H and O–H groups in total. The van der Waals surface area contributed by atoms with Crippen molar-refractivity contribution in [2.24, 2.45) is 5.92 Å². The molecule has 0 saturated carbocycles. The minimum absolute atomic E-state index is 0.177. The number of hydrogen-bond donors (Lipinski definition) is 1. The third kappa shape index (κ3) is 4.18. The Morgan fingerprint density at radius 3 is 2.60 bits per heavy atom. The van der Waals surface area contributed by atoms with Gasteiger partial charge in [0.05, 0.1) is 6.54 Å². The summed E-state index contributed by atoms with van der Waals surface area (Å²) in [6.45, 7) is 10.7. The third-order valence-corrected chi connectivity index (χ3v) is 2.81. The summed E-state index contributed by atoms with van der Waals surface area (Å²) in [7, 11) is 0. The Labute approximate surface area is 91.9 Å². The van der Waals surface area contributed by atoms with E-state index < -0.39 is 5.97 Å². The van der Waals surface area contributed by atoms with Gasteiger partial charge in [-0.15, -0.1) is 0 Å². The molecule has 15 heavy (non-hydrogen) atoms. The van der Waals surface area contributed by atoms with Gasteiger partial charge < -0.3 is 10.0 Å². The van der Waals surface area contributed by atoms with E-state index in [4.69, 9.17) is 5.11 Å². The van der Waals surface area contributed by atoms with E-state index in [9.17, 15) is 4.79 Å². The maximum absolute atomic E-state index is 10.6. The molecule has 4 nitrogen and oxygen atoms in total. The second-order valence-electron chi connectivity index (χ2n) is 4.87. The molecule has 0 bridgehead atoms. The first-order valence-corrected chi connectivity index (χ1v) is 5.67. The Morgan fingerprint density at radius 1 is 1.47 bits per heavy atom. The lowest BCUT2D eigenvalue weighted by Crippen LogP contribution is -2.53. The van der Waals surface area contributed by atoms with Crippen molar-refractivity contribution >= 4 is 5.97 Å². The Morgan fingerprint density at radius 2 is 2.13 bits per heavy atom. The predicted molar refractivity (Wildman–Crippen MR) is 59.9 cm³/mol. The van der Waals surface area contributed by atoms with Crippen LogP contribution in [-0.2, 0) is 4.79 Å². The average Bonchev–Trinajstić information content (AvgIpc) is 2.08. The van der Waals surface area contributed by atoms with Crippen LogP contribution in [0.15, 0.2) is 0 Å². The van der Waals surface area contributed by atoms with Gasteiger partial charge in [0.25, 0.3) is 0 Å². The molecule has 1 heterocycles. The van der Waals surface area contributed by atoms with Crippen LogP contribution in [0.1, 0.15) is 20.8 Å². The normalized spacial score (nSPS) is 24.7. The molecule has 0 aromatic heterocycles. The van der Waals surface area contributed by atoms with Crippen LogP contribution in [-0.4, -0.2) is 59.6 Å². The fraction of sp³-hybridized carbons (Fsp3) is 0.909. The predicted octanol–water partition coefficient (Wildman–Crippen LogP) is 0.733. The van der Waals surface area contributed by atoms with Gasteiger partial charge in [-0.1, -0.05) is 13.8 Å². The van der Waals surface area contributed by atoms with E-state index in [2.05, 4.69) is 25.7 Å². The molecule has 1 aliphatic heterocycles. The topological polar surface area (TPSA) is 43.8 Å². The van der Waals surface area contributed by atoms with Crippen molar-refractivity contribution in [3.05, 3.63) is 0 Å². The van der Waals surface area contributed by atoms with Crippen LogP contribution in [0.5, 0.6) is 0 Å². The monoisotopic (exact) mass is 214 g/mol. The molecule has 0 spiro atoms. The van der Waals surface area contributed by atoms with E-state index in [0.29, 0.717) is 12.0 Å². The third-order valence-electron chi connectivity index (χ3n) is 2.81. The molecule has 88 valence electrons. The Bertz CT molecular complexity index is 219. The maximum Gasteiger partial charge on any atom is 0.317 e. The minimum atomic E-state index is -0.723. The van der Waals surface area contributed by atoms with Gasteiger partial charge in [0.1, 0.15) is 0 Å². The summed E-state index contributed by atoms with van der Waals surface area (Å²) in [4.78, 5) is 15.1. The summed E-state index contributed by atoms with van der Waals surface area (Å²) < 4.78 is 0. The summed E-state index contributed by atoms with van der Waals surface area (Å²) in [5.41, 5.74) is 0. The molecule has 1 atom stereocenters. The van der Waals surface area contributed by atoms with E-state index in [1.165, 1.54) is 0 Å². The van der Waals surface area contributed by atoms with E-state index in [-0.39, 0.29) is 6.54 Å². The summed E-state index contributed by atoms with van der Waals surface area (Å²) in [5, 5.41) is 8.74. The van der Waals surface area contributed by atoms with Crippen molar-refractivity contribution in [2.45, 2.75) is 26.8 Å². The van der Waals surface area contributed by atoms with Gasteiger partial charge >= 0.3 is 5.97 Å². The smallest absolute Gasteiger partial charge is 0.317 e. The van der Waals surface area contributed by atoms with Gasteiger partial charge in [-0.3, -0.25) is 9.69 Å². The highest BCUT2D eigenvalue weighted by molar-refractivity contribution is 5.69. The van der Waals surface area contributed by atoms with Crippen molar-refractivity contribution in [2.75, 3.05) is 32.7 Å². The standard InChI is InChI=1S/C11H22N2O2/c1-9(2)6-12-4-5-13(8-11(14)15)10(3)7-12/h9-10H,4-8H2,1-3H3,(H,14,15)/t10-/m0/s1. The SMILES string of the molecule is CC(C)CN1CCN(CC(=O)O)[C@@H](C)C1. The summed E-state index contributed by atoms with van der Waals surface area (Å²) in [6.07, 6.45) is 0. The highest BCUT2D eigenvalue weighted by Crippen LogP contribution is 2.10. The molecule has 0 radical (unpaired) electrons. The van der Waals surface area contributed by atoms with Crippen LogP contribution in [0.3, 0.4) is 0 Å². The van der Waals surface area contributed by atoms with Crippen LogP contribution in [0.2, 0.25) is 0 Å². The van der Waals surface area contributed by atoms with Crippen molar-refractivity contribution < 1.29 is 9.90 Å². The number of carboxylic acids is 1. The van der Waals surface area contributed by atoms with Crippen molar-refractivity contribution in [3.63, 3.8) is 0 Å². The second-order valence-corrected chi connectivity index (χ2v) is 4.87. The molecule has 4 heteroatoms. The zero-order valence-corrected chi connectivity index (χ0v) is 9.94. The largest absolute Gasteiger partial charge is 0.480 e. The summed E-state index contributed by atoms with van der Waals surface area (Å²) in [6, 6.07) is 0.355. The Balaban J connectivity index is 2.37. The Kier molecular flexibility index (Phi) is 4.54. The zero-order valence-electron chi connectivity index (χ0n) is 9.94. The van der Waals surface area contributed by atoms with Gasteiger partial charge in [0.15, 0.2) is 0 Å². The van der Waals surface area contributed by atoms with Crippen molar-refractivity contribution in [1.29, 1.82) is 0 Å². The van der Waals surface area contributed by atoms with Crippen molar-refractivity contribution in [1.82, 2.24) is 9.80 Å². The fourth-order valence-electron chi connectivity index (χ4n) is 2.16. The zero-order chi connectivity index (χ0) is 11.4. The molecule has 0 aromatic carbocycles. The maximum atomic E-state index is 10.6. The highest BCUT2D eigenvalue weighted by atomic mass is 16.4. The summed E-state index contributed by atoms with van der Waals surface area (Å²) >= 11 is 0. The van der Waals surface area contributed by atoms with Gasteiger partial charge in [0.2, 0.25) is 0 Å². The number of hydrogen-bond acceptors (Lipinski definition) is 3. The van der Waals surface area contributed by atoms with Crippen LogP contribution < -0.4 is 0 Å². The molecule has 0 aromatic rings. The number of nitrogens with zero attached hydrogens (tertiary/aromatic N) is 2. The lowest BCUT2D eigenvalue weighted by atomic mass is 10.1. The first-order chi connectivity index (χ1) is 6.99. The van der Waals surface area contributed by atoms with Crippen LogP contribution in [0, 0.1) is 5.92 Å². The van der Waals surface area contributed by atoms with Crippen LogP contribution >= 0.6 is 0 Å². The first kappa shape index (κ1) is 12.5. The lowest BCUT2D eigenvalue weighted by molar-refractivity contribution is -0.139. The molecule has 1 saturated heterocycles. The molecule has 0 aliphatic carbocycles. The second kappa shape index (κ2) is 5.47. The molecular weight excluding hydrogens is 192 g/mol. The van der Waals surface area contributed by atoms with Crippen LogP contribution in [0.4, 0.5) is 0 Å². The van der Waals surface area contributed by atoms with Gasteiger partial charge in [-0.25, -0.2) is 0 Å². The van der Waals surface area contributed by atoms with E-state index in [1.54, 1.807) is 0 Å². The summed E-state index contributed by atoms with van der Waals surface area (Å²) in [5.74, 6) is -0.0395. The molecule has 1 fully saturated rings. The van der Waals surface area contributed by atoms with E-state index in [0.717, 1.165) is 26.2 Å². The lowest BCUT2D eigenvalue weighted by Gasteiger charge is -2.39. The molecular formula is C11H22N2O2. The molecule has 1 rings (SSSR count). The number of carbonyl (C=O) groups is 1. The quantitative estimate of drug-likeness (QED) is 0.749. The van der Waals surface area contributed by atoms with E-state index >= 15 is 0 Å². The Hall–Kier alpha value is -0.610. The van der Waals surface area contributed by atoms with Crippen molar-refractivity contribution in [3.8, 4) is 0 Å². The van der Waals surface area contributed by atoms with Gasteiger partial charge in [-0.05, 0) is 12.8 Å². The number of rotatable bonds is 4. The van der Waals surface area contributed by atoms with E-state index in [1.807, 2.05) is 4.90 Å². The molecule has 0 amide bonds.